The number of hydrogen-bond donors (Lipinski definition) is 2. The van der Waals surface area contributed by atoms with Gasteiger partial charge in [-0.05, 0) is 26.8 Å². The number of amides is 1. The molecule has 0 aliphatic carbocycles. The van der Waals surface area contributed by atoms with E-state index in [1.165, 1.54) is 0 Å². The van der Waals surface area contributed by atoms with Gasteiger partial charge in [-0.3, -0.25) is 14.8 Å². The Labute approximate surface area is 110 Å². The summed E-state index contributed by atoms with van der Waals surface area (Å²) in [6.45, 7) is 6.68. The van der Waals surface area contributed by atoms with Crippen molar-refractivity contribution in [3.8, 4) is 6.01 Å². The van der Waals surface area contributed by atoms with Crippen molar-refractivity contribution in [3.05, 3.63) is 17.5 Å². The summed E-state index contributed by atoms with van der Waals surface area (Å²) >= 11 is 0. The molecule has 2 aromatic rings. The van der Waals surface area contributed by atoms with Crippen LogP contribution in [0, 0.1) is 6.92 Å². The van der Waals surface area contributed by atoms with E-state index in [4.69, 9.17) is 4.74 Å². The summed E-state index contributed by atoms with van der Waals surface area (Å²) in [6, 6.07) is 1.93. The standard InChI is InChI=1S/C11H16N6O2/c1-4-17-8(6-7(3)16-17)9(18)12-10-13-11(15-14-10)19-5-2/h6H,4-5H2,1-3H3,(H2,12,13,14,15,18). The normalized spacial score (nSPS) is 10.5. The average Bonchev–Trinajstić information content (AvgIpc) is 2.96. The molecule has 102 valence electrons. The summed E-state index contributed by atoms with van der Waals surface area (Å²) in [7, 11) is 0. The number of aromatic nitrogens is 5. The van der Waals surface area contributed by atoms with Gasteiger partial charge in [0.05, 0.1) is 12.3 Å². The summed E-state index contributed by atoms with van der Waals surface area (Å²) in [5, 5.41) is 13.2. The van der Waals surface area contributed by atoms with Crippen LogP contribution in [-0.2, 0) is 6.54 Å². The van der Waals surface area contributed by atoms with Crippen LogP contribution >= 0.6 is 0 Å². The SMILES string of the molecule is CCOc1n[nH]c(NC(=O)c2cc(C)nn2CC)n1. The van der Waals surface area contributed by atoms with Crippen LogP contribution in [0.25, 0.3) is 0 Å². The van der Waals surface area contributed by atoms with Gasteiger partial charge in [0.2, 0.25) is 5.95 Å². The van der Waals surface area contributed by atoms with Gasteiger partial charge in [-0.25, -0.2) is 5.10 Å². The number of ether oxygens (including phenoxy) is 1. The maximum absolute atomic E-state index is 12.1. The first-order valence-corrected chi connectivity index (χ1v) is 6.05. The van der Waals surface area contributed by atoms with Crippen molar-refractivity contribution in [2.24, 2.45) is 0 Å². The highest BCUT2D eigenvalue weighted by atomic mass is 16.5. The van der Waals surface area contributed by atoms with Crippen LogP contribution in [0.2, 0.25) is 0 Å². The molecular formula is C11H16N6O2. The predicted octanol–water partition coefficient (Wildman–Crippen LogP) is 0.981. The van der Waals surface area contributed by atoms with E-state index in [0.29, 0.717) is 18.8 Å². The maximum Gasteiger partial charge on any atom is 0.337 e. The zero-order chi connectivity index (χ0) is 13.8. The Bertz CT molecular complexity index is 574. The molecule has 2 aromatic heterocycles. The lowest BCUT2D eigenvalue weighted by atomic mass is 10.3. The quantitative estimate of drug-likeness (QED) is 0.838. The Balaban J connectivity index is 2.11. The highest BCUT2D eigenvalue weighted by Gasteiger charge is 2.15. The van der Waals surface area contributed by atoms with Crippen molar-refractivity contribution in [1.82, 2.24) is 25.0 Å². The summed E-state index contributed by atoms with van der Waals surface area (Å²) in [4.78, 5) is 16.1. The number of rotatable bonds is 5. The van der Waals surface area contributed by atoms with Crippen molar-refractivity contribution in [2.45, 2.75) is 27.3 Å². The molecular weight excluding hydrogens is 248 g/mol. The lowest BCUT2D eigenvalue weighted by Gasteiger charge is -2.03. The molecule has 0 unspecified atom stereocenters. The summed E-state index contributed by atoms with van der Waals surface area (Å²) in [5.74, 6) is -0.0448. The van der Waals surface area contributed by atoms with Crippen LogP contribution in [0.5, 0.6) is 6.01 Å². The molecule has 1 amide bonds. The van der Waals surface area contributed by atoms with E-state index in [0.717, 1.165) is 5.69 Å². The minimum Gasteiger partial charge on any atom is -0.463 e. The number of nitrogens with one attached hydrogen (secondary N) is 2. The van der Waals surface area contributed by atoms with Gasteiger partial charge >= 0.3 is 6.01 Å². The van der Waals surface area contributed by atoms with Crippen LogP contribution in [0.4, 0.5) is 5.95 Å². The monoisotopic (exact) mass is 264 g/mol. The number of aryl methyl sites for hydroxylation is 2. The smallest absolute Gasteiger partial charge is 0.337 e. The molecule has 0 atom stereocenters. The fourth-order valence-electron chi connectivity index (χ4n) is 1.64. The van der Waals surface area contributed by atoms with Gasteiger partial charge in [-0.1, -0.05) is 0 Å². The van der Waals surface area contributed by atoms with E-state index in [2.05, 4.69) is 25.6 Å². The van der Waals surface area contributed by atoms with E-state index in [1.54, 1.807) is 10.7 Å². The third-order valence-electron chi connectivity index (χ3n) is 2.40. The summed E-state index contributed by atoms with van der Waals surface area (Å²) in [5.41, 5.74) is 1.27. The zero-order valence-electron chi connectivity index (χ0n) is 11.1. The van der Waals surface area contributed by atoms with Crippen molar-refractivity contribution in [2.75, 3.05) is 11.9 Å². The number of carbonyl (C=O) groups is 1. The maximum atomic E-state index is 12.1. The van der Waals surface area contributed by atoms with Crippen LogP contribution < -0.4 is 10.1 Å². The van der Waals surface area contributed by atoms with Crippen molar-refractivity contribution < 1.29 is 9.53 Å². The Morgan fingerprint density at radius 2 is 2.32 bits per heavy atom. The molecule has 0 saturated heterocycles. The molecule has 2 rings (SSSR count). The first-order valence-electron chi connectivity index (χ1n) is 6.05. The van der Waals surface area contributed by atoms with E-state index in [9.17, 15) is 4.79 Å². The van der Waals surface area contributed by atoms with Crippen LogP contribution in [0.3, 0.4) is 0 Å². The molecule has 19 heavy (non-hydrogen) atoms. The van der Waals surface area contributed by atoms with E-state index < -0.39 is 0 Å². The second-order valence-corrected chi connectivity index (χ2v) is 3.84. The molecule has 0 radical (unpaired) electrons. The van der Waals surface area contributed by atoms with E-state index >= 15 is 0 Å². The molecule has 8 nitrogen and oxygen atoms in total. The highest BCUT2D eigenvalue weighted by molar-refractivity contribution is 6.02. The van der Waals surface area contributed by atoms with Gasteiger partial charge in [0.1, 0.15) is 5.69 Å². The third-order valence-corrected chi connectivity index (χ3v) is 2.40. The lowest BCUT2D eigenvalue weighted by Crippen LogP contribution is -2.18. The minimum atomic E-state index is -0.290. The van der Waals surface area contributed by atoms with Crippen LogP contribution in [0.15, 0.2) is 6.07 Å². The second-order valence-electron chi connectivity index (χ2n) is 3.84. The Hall–Kier alpha value is -2.38. The van der Waals surface area contributed by atoms with Gasteiger partial charge in [-0.15, -0.1) is 5.10 Å². The zero-order valence-corrected chi connectivity index (χ0v) is 11.1. The number of hydrogen-bond acceptors (Lipinski definition) is 5. The Morgan fingerprint density at radius 1 is 1.53 bits per heavy atom. The lowest BCUT2D eigenvalue weighted by molar-refractivity contribution is 0.101. The van der Waals surface area contributed by atoms with Crippen LogP contribution in [0.1, 0.15) is 30.0 Å². The van der Waals surface area contributed by atoms with E-state index in [1.807, 2.05) is 20.8 Å². The highest BCUT2D eigenvalue weighted by Crippen LogP contribution is 2.09. The Kier molecular flexibility index (Phi) is 3.79. The number of H-pyrrole nitrogens is 1. The van der Waals surface area contributed by atoms with Gasteiger partial charge in [0.25, 0.3) is 5.91 Å². The molecule has 2 heterocycles. The number of carbonyl (C=O) groups excluding carboxylic acids is 1. The molecule has 0 aliphatic heterocycles. The molecule has 2 N–H and O–H groups in total. The first-order chi connectivity index (χ1) is 9.13. The van der Waals surface area contributed by atoms with E-state index in [-0.39, 0.29) is 17.9 Å². The molecule has 0 aromatic carbocycles. The fourth-order valence-corrected chi connectivity index (χ4v) is 1.64. The van der Waals surface area contributed by atoms with Crippen LogP contribution in [-0.4, -0.2) is 37.5 Å². The molecule has 0 spiro atoms. The fraction of sp³-hybridized carbons (Fsp3) is 0.455. The van der Waals surface area contributed by atoms with Crippen molar-refractivity contribution in [1.29, 1.82) is 0 Å². The van der Waals surface area contributed by atoms with Gasteiger partial charge in [0, 0.05) is 6.54 Å². The molecule has 8 heteroatoms. The first kappa shape index (κ1) is 13.1. The molecule has 0 aliphatic rings. The number of nitrogens with zero attached hydrogens (tertiary/aromatic N) is 4. The summed E-state index contributed by atoms with van der Waals surface area (Å²) < 4.78 is 6.73. The van der Waals surface area contributed by atoms with Crippen molar-refractivity contribution >= 4 is 11.9 Å². The third kappa shape index (κ3) is 2.90. The molecule has 0 fully saturated rings. The number of aromatic amines is 1. The Morgan fingerprint density at radius 3 is 3.00 bits per heavy atom. The molecule has 0 saturated carbocycles. The van der Waals surface area contributed by atoms with Gasteiger partial charge in [0.15, 0.2) is 0 Å². The van der Waals surface area contributed by atoms with Gasteiger partial charge < -0.3 is 4.74 Å². The predicted molar refractivity (Wildman–Crippen MR) is 68.1 cm³/mol. The topological polar surface area (TPSA) is 97.7 Å². The minimum absolute atomic E-state index is 0.206. The second kappa shape index (κ2) is 5.51. The molecule has 0 bridgehead atoms. The summed E-state index contributed by atoms with van der Waals surface area (Å²) in [6.07, 6.45) is 0. The number of anilines is 1. The average molecular weight is 264 g/mol. The van der Waals surface area contributed by atoms with Crippen molar-refractivity contribution in [3.63, 3.8) is 0 Å². The largest absolute Gasteiger partial charge is 0.463 e. The van der Waals surface area contributed by atoms with Gasteiger partial charge in [-0.2, -0.15) is 10.1 Å².